The van der Waals surface area contributed by atoms with Crippen LogP contribution in [0.1, 0.15) is 136 Å². The van der Waals surface area contributed by atoms with Crippen LogP contribution in [0, 0.1) is 12.3 Å². The largest absolute Gasteiger partial charge is 0.0654 e. The molecule has 139 valence electrons. The number of unbranched alkanes of at least 4 members (excludes halogenated alkanes) is 13. The molecule has 0 rings (SSSR count). The van der Waals surface area contributed by atoms with Gasteiger partial charge in [0.1, 0.15) is 0 Å². The van der Waals surface area contributed by atoms with Crippen molar-refractivity contribution in [2.45, 2.75) is 136 Å². The lowest BCUT2D eigenvalue weighted by atomic mass is 9.89. The quantitative estimate of drug-likeness (QED) is 0.208. The topological polar surface area (TPSA) is 0 Å². The summed E-state index contributed by atoms with van der Waals surface area (Å²) in [5, 5.41) is 0. The van der Waals surface area contributed by atoms with Crippen molar-refractivity contribution < 1.29 is 0 Å². The van der Waals surface area contributed by atoms with Crippen molar-refractivity contribution in [1.82, 2.24) is 0 Å². The Morgan fingerprint density at radius 2 is 0.870 bits per heavy atom. The minimum Gasteiger partial charge on any atom is -0.0654 e. The Kier molecular flexibility index (Phi) is 20.0. The van der Waals surface area contributed by atoms with E-state index in [2.05, 4.69) is 27.2 Å². The highest BCUT2D eigenvalue weighted by molar-refractivity contribution is 4.76. The fraction of sp³-hybridized carbons (Fsp3) is 0.957. The fourth-order valence-corrected chi connectivity index (χ4v) is 3.50. The zero-order valence-corrected chi connectivity index (χ0v) is 16.9. The Morgan fingerprint density at radius 1 is 0.478 bits per heavy atom. The van der Waals surface area contributed by atoms with Crippen LogP contribution in [0.5, 0.6) is 0 Å². The first-order chi connectivity index (χ1) is 11.3. The number of hydrogen-bond acceptors (Lipinski definition) is 0. The van der Waals surface area contributed by atoms with E-state index in [1.165, 1.54) is 116 Å². The minimum atomic E-state index is 0.921. The van der Waals surface area contributed by atoms with Crippen molar-refractivity contribution in [3.63, 3.8) is 0 Å². The molecule has 0 aromatic carbocycles. The molecule has 0 saturated heterocycles. The average molecular weight is 324 g/mol. The smallest absolute Gasteiger partial charge is 0.0355 e. The summed E-state index contributed by atoms with van der Waals surface area (Å²) in [6, 6.07) is 0. The molecule has 0 atom stereocenters. The molecule has 0 aliphatic heterocycles. The van der Waals surface area contributed by atoms with Gasteiger partial charge in [-0.05, 0) is 18.8 Å². The molecule has 0 aromatic heterocycles. The van der Waals surface area contributed by atoms with Gasteiger partial charge in [-0.25, -0.2) is 0 Å². The second-order valence-corrected chi connectivity index (χ2v) is 7.60. The van der Waals surface area contributed by atoms with Crippen LogP contribution in [-0.2, 0) is 0 Å². The normalized spacial score (nSPS) is 11.5. The molecule has 0 fully saturated rings. The van der Waals surface area contributed by atoms with E-state index in [1.807, 2.05) is 0 Å². The first-order valence-corrected chi connectivity index (χ1v) is 11.2. The Hall–Kier alpha value is 0. The summed E-state index contributed by atoms with van der Waals surface area (Å²) >= 11 is 0. The summed E-state index contributed by atoms with van der Waals surface area (Å²) in [5.74, 6) is 0.921. The van der Waals surface area contributed by atoms with Crippen LogP contribution >= 0.6 is 0 Å². The molecular weight excluding hydrogens is 276 g/mol. The standard InChI is InChI=1S/C23H47/c1-4-7-10-13-16-19-22-23(20-17-14-11-8-5-2)21-18-15-12-9-6-3/h22-23H,4-21H2,1-3H3. The molecule has 0 heteroatoms. The summed E-state index contributed by atoms with van der Waals surface area (Å²) in [5.41, 5.74) is 0. The molecule has 0 aliphatic carbocycles. The highest BCUT2D eigenvalue weighted by Crippen LogP contribution is 2.23. The number of hydrogen-bond donors (Lipinski definition) is 0. The van der Waals surface area contributed by atoms with Gasteiger partial charge in [-0.3, -0.25) is 0 Å². The monoisotopic (exact) mass is 323 g/mol. The van der Waals surface area contributed by atoms with Crippen LogP contribution in [0.25, 0.3) is 0 Å². The second-order valence-electron chi connectivity index (χ2n) is 7.60. The molecule has 1 radical (unpaired) electrons. The van der Waals surface area contributed by atoms with Gasteiger partial charge in [0.15, 0.2) is 0 Å². The van der Waals surface area contributed by atoms with Crippen LogP contribution in [0.4, 0.5) is 0 Å². The minimum absolute atomic E-state index is 0.921. The maximum atomic E-state index is 2.70. The van der Waals surface area contributed by atoms with Gasteiger partial charge in [0.05, 0.1) is 0 Å². The lowest BCUT2D eigenvalue weighted by Crippen LogP contribution is -2.02. The maximum absolute atomic E-state index is 2.70. The van der Waals surface area contributed by atoms with Crippen LogP contribution in [0.2, 0.25) is 0 Å². The Labute approximate surface area is 149 Å². The van der Waals surface area contributed by atoms with Crippen molar-refractivity contribution in [2.75, 3.05) is 0 Å². The maximum Gasteiger partial charge on any atom is -0.0355 e. The molecule has 0 heterocycles. The molecule has 0 spiro atoms. The van der Waals surface area contributed by atoms with E-state index < -0.39 is 0 Å². The van der Waals surface area contributed by atoms with Crippen molar-refractivity contribution in [3.05, 3.63) is 6.42 Å². The summed E-state index contributed by atoms with van der Waals surface area (Å²) in [6.07, 6.45) is 28.5. The first kappa shape index (κ1) is 23.0. The van der Waals surface area contributed by atoms with Crippen LogP contribution in [0.15, 0.2) is 0 Å². The van der Waals surface area contributed by atoms with Gasteiger partial charge in [0, 0.05) is 0 Å². The van der Waals surface area contributed by atoms with E-state index >= 15 is 0 Å². The third-order valence-electron chi connectivity index (χ3n) is 5.16. The van der Waals surface area contributed by atoms with Crippen LogP contribution < -0.4 is 0 Å². The van der Waals surface area contributed by atoms with Crippen molar-refractivity contribution in [2.24, 2.45) is 5.92 Å². The zero-order chi connectivity index (χ0) is 17.0. The van der Waals surface area contributed by atoms with Crippen molar-refractivity contribution in [1.29, 1.82) is 0 Å². The second kappa shape index (κ2) is 20.0. The Balaban J connectivity index is 3.73. The molecule has 0 saturated carbocycles. The molecule has 0 N–H and O–H groups in total. The van der Waals surface area contributed by atoms with Gasteiger partial charge in [0.2, 0.25) is 0 Å². The molecule has 0 aromatic rings. The summed E-state index contributed by atoms with van der Waals surface area (Å²) < 4.78 is 0. The molecule has 0 unspecified atom stereocenters. The predicted molar refractivity (Wildman–Crippen MR) is 108 cm³/mol. The van der Waals surface area contributed by atoms with E-state index in [0.29, 0.717) is 0 Å². The Bertz CT molecular complexity index is 182. The van der Waals surface area contributed by atoms with Crippen LogP contribution in [0.3, 0.4) is 0 Å². The summed E-state index contributed by atoms with van der Waals surface area (Å²) in [6.45, 7) is 6.93. The van der Waals surface area contributed by atoms with E-state index in [9.17, 15) is 0 Å². The molecule has 0 amide bonds. The molecule has 23 heavy (non-hydrogen) atoms. The van der Waals surface area contributed by atoms with E-state index in [0.717, 1.165) is 5.92 Å². The SMILES string of the molecule is CCCCCCC[CH]C(CCCCCCC)CCCCCCC. The number of rotatable bonds is 19. The van der Waals surface area contributed by atoms with E-state index in [4.69, 9.17) is 0 Å². The third kappa shape index (κ3) is 18.2. The van der Waals surface area contributed by atoms with Crippen molar-refractivity contribution in [3.8, 4) is 0 Å². The summed E-state index contributed by atoms with van der Waals surface area (Å²) in [4.78, 5) is 0. The summed E-state index contributed by atoms with van der Waals surface area (Å²) in [7, 11) is 0. The highest BCUT2D eigenvalue weighted by Gasteiger charge is 2.08. The van der Waals surface area contributed by atoms with E-state index in [1.54, 1.807) is 0 Å². The van der Waals surface area contributed by atoms with Gasteiger partial charge in [-0.2, -0.15) is 0 Å². The van der Waals surface area contributed by atoms with E-state index in [-0.39, 0.29) is 0 Å². The highest BCUT2D eigenvalue weighted by atomic mass is 14.1. The Morgan fingerprint density at radius 3 is 1.30 bits per heavy atom. The van der Waals surface area contributed by atoms with Gasteiger partial charge < -0.3 is 0 Å². The fourth-order valence-electron chi connectivity index (χ4n) is 3.50. The van der Waals surface area contributed by atoms with Crippen molar-refractivity contribution >= 4 is 0 Å². The van der Waals surface area contributed by atoms with Gasteiger partial charge in [-0.15, -0.1) is 0 Å². The lowest BCUT2D eigenvalue weighted by molar-refractivity contribution is 0.432. The average Bonchev–Trinajstić information content (AvgIpc) is 2.56. The third-order valence-corrected chi connectivity index (χ3v) is 5.16. The van der Waals surface area contributed by atoms with Crippen LogP contribution in [-0.4, -0.2) is 0 Å². The molecule has 0 bridgehead atoms. The predicted octanol–water partition coefficient (Wildman–Crippen LogP) is 8.89. The molecule has 0 nitrogen and oxygen atoms in total. The van der Waals surface area contributed by atoms with Gasteiger partial charge in [-0.1, -0.05) is 130 Å². The van der Waals surface area contributed by atoms with Gasteiger partial charge >= 0.3 is 0 Å². The first-order valence-electron chi connectivity index (χ1n) is 11.2. The zero-order valence-electron chi connectivity index (χ0n) is 16.9. The van der Waals surface area contributed by atoms with Gasteiger partial charge in [0.25, 0.3) is 0 Å². The molecule has 0 aliphatic rings. The lowest BCUT2D eigenvalue weighted by Gasteiger charge is -2.16. The molecular formula is C23H47.